The maximum Gasteiger partial charge on any atom is 0.137 e. The highest BCUT2D eigenvalue weighted by Gasteiger charge is 2.38. The summed E-state index contributed by atoms with van der Waals surface area (Å²) in [5.74, 6) is 0. The number of hydrogen-bond donors (Lipinski definition) is 0. The Balaban J connectivity index is 1.13. The molecule has 10 rings (SSSR count). The van der Waals surface area contributed by atoms with Crippen LogP contribution in [0.2, 0.25) is 0 Å². The van der Waals surface area contributed by atoms with E-state index in [-0.39, 0.29) is 10.8 Å². The van der Waals surface area contributed by atoms with Gasteiger partial charge in [0.2, 0.25) is 0 Å². The van der Waals surface area contributed by atoms with Crippen LogP contribution in [0.15, 0.2) is 156 Å². The van der Waals surface area contributed by atoms with Crippen molar-refractivity contribution in [2.45, 2.75) is 38.5 Å². The Morgan fingerprint density at radius 1 is 0.400 bits per heavy atom. The maximum atomic E-state index is 6.40. The van der Waals surface area contributed by atoms with E-state index in [0.29, 0.717) is 0 Å². The summed E-state index contributed by atoms with van der Waals surface area (Å²) in [5, 5.41) is 2.27. The average molecular weight is 644 g/mol. The lowest BCUT2D eigenvalue weighted by Crippen LogP contribution is -2.16. The van der Waals surface area contributed by atoms with E-state index in [1.54, 1.807) is 0 Å². The zero-order chi connectivity index (χ0) is 33.8. The molecule has 2 nitrogen and oxygen atoms in total. The van der Waals surface area contributed by atoms with E-state index in [4.69, 9.17) is 4.42 Å². The molecule has 0 radical (unpaired) electrons. The number of rotatable bonds is 4. The molecule has 0 saturated heterocycles. The SMILES string of the molecule is CC1(C)c2ccccc2-c2ccc(N(c3ccc(-c4cccc5c4C(C)(C)c4ccccc4-5)cc3)c3ccc4c(c3)oc3ccccc34)cc21. The van der Waals surface area contributed by atoms with E-state index in [2.05, 4.69) is 172 Å². The molecule has 0 saturated carbocycles. The number of benzene rings is 7. The van der Waals surface area contributed by atoms with Crippen molar-refractivity contribution in [1.29, 1.82) is 0 Å². The summed E-state index contributed by atoms with van der Waals surface area (Å²) in [7, 11) is 0. The molecular formula is C48H37NO. The molecule has 2 heteroatoms. The number of fused-ring (bicyclic) bond motifs is 9. The van der Waals surface area contributed by atoms with Gasteiger partial charge in [-0.25, -0.2) is 0 Å². The van der Waals surface area contributed by atoms with Crippen molar-refractivity contribution in [3.8, 4) is 33.4 Å². The Hall–Kier alpha value is -5.86. The van der Waals surface area contributed by atoms with Crippen LogP contribution in [0, 0.1) is 0 Å². The lowest BCUT2D eigenvalue weighted by atomic mass is 9.79. The molecule has 240 valence electrons. The zero-order valence-electron chi connectivity index (χ0n) is 28.8. The number of hydrogen-bond acceptors (Lipinski definition) is 2. The van der Waals surface area contributed by atoms with Crippen molar-refractivity contribution in [3.63, 3.8) is 0 Å². The van der Waals surface area contributed by atoms with Crippen molar-refractivity contribution < 1.29 is 4.42 Å². The lowest BCUT2D eigenvalue weighted by Gasteiger charge is -2.28. The highest BCUT2D eigenvalue weighted by Crippen LogP contribution is 2.53. The smallest absolute Gasteiger partial charge is 0.137 e. The molecule has 2 aliphatic carbocycles. The Labute approximate surface area is 293 Å². The third-order valence-corrected chi connectivity index (χ3v) is 11.5. The summed E-state index contributed by atoms with van der Waals surface area (Å²) in [6.07, 6.45) is 0. The van der Waals surface area contributed by atoms with Crippen molar-refractivity contribution in [3.05, 3.63) is 174 Å². The Kier molecular flexibility index (Phi) is 6.01. The van der Waals surface area contributed by atoms with Crippen LogP contribution in [-0.4, -0.2) is 0 Å². The molecule has 0 N–H and O–H groups in total. The van der Waals surface area contributed by atoms with Gasteiger partial charge in [0.05, 0.1) is 0 Å². The van der Waals surface area contributed by atoms with Gasteiger partial charge in [-0.1, -0.05) is 131 Å². The topological polar surface area (TPSA) is 16.4 Å². The van der Waals surface area contributed by atoms with Crippen LogP contribution in [0.1, 0.15) is 49.9 Å². The third kappa shape index (κ3) is 4.02. The predicted octanol–water partition coefficient (Wildman–Crippen LogP) is 13.3. The first kappa shape index (κ1) is 29.1. The Bertz CT molecular complexity index is 2650. The van der Waals surface area contributed by atoms with E-state index in [1.807, 2.05) is 12.1 Å². The minimum atomic E-state index is -0.0990. The molecule has 8 aromatic rings. The summed E-state index contributed by atoms with van der Waals surface area (Å²) in [6, 6.07) is 55.6. The Morgan fingerprint density at radius 3 is 1.76 bits per heavy atom. The van der Waals surface area contributed by atoms with Crippen LogP contribution in [0.25, 0.3) is 55.3 Å². The predicted molar refractivity (Wildman–Crippen MR) is 209 cm³/mol. The first-order valence-corrected chi connectivity index (χ1v) is 17.6. The van der Waals surface area contributed by atoms with Crippen molar-refractivity contribution in [1.82, 2.24) is 0 Å². The van der Waals surface area contributed by atoms with Crippen LogP contribution < -0.4 is 4.90 Å². The molecule has 0 aliphatic heterocycles. The minimum Gasteiger partial charge on any atom is -0.456 e. The molecule has 0 unspecified atom stereocenters. The van der Waals surface area contributed by atoms with E-state index in [9.17, 15) is 0 Å². The highest BCUT2D eigenvalue weighted by molar-refractivity contribution is 6.06. The van der Waals surface area contributed by atoms with Gasteiger partial charge in [0.25, 0.3) is 0 Å². The first-order chi connectivity index (χ1) is 24.3. The van der Waals surface area contributed by atoms with Crippen LogP contribution in [0.4, 0.5) is 17.1 Å². The fraction of sp³-hybridized carbons (Fsp3) is 0.125. The molecule has 0 spiro atoms. The molecule has 0 fully saturated rings. The highest BCUT2D eigenvalue weighted by atomic mass is 16.3. The molecule has 1 aromatic heterocycles. The Morgan fingerprint density at radius 2 is 0.960 bits per heavy atom. The molecule has 2 aliphatic rings. The molecule has 0 amide bonds. The summed E-state index contributed by atoms with van der Waals surface area (Å²) < 4.78 is 6.40. The van der Waals surface area contributed by atoms with E-state index < -0.39 is 0 Å². The summed E-state index contributed by atoms with van der Waals surface area (Å²) in [4.78, 5) is 2.38. The second kappa shape index (κ2) is 10.3. The van der Waals surface area contributed by atoms with Gasteiger partial charge in [-0.05, 0) is 98.1 Å². The van der Waals surface area contributed by atoms with Gasteiger partial charge in [0, 0.05) is 44.7 Å². The van der Waals surface area contributed by atoms with Gasteiger partial charge in [-0.15, -0.1) is 0 Å². The van der Waals surface area contributed by atoms with Gasteiger partial charge in [-0.2, -0.15) is 0 Å². The fourth-order valence-corrected chi connectivity index (χ4v) is 9.01. The second-order valence-corrected chi connectivity index (χ2v) is 15.0. The van der Waals surface area contributed by atoms with Crippen LogP contribution >= 0.6 is 0 Å². The normalized spacial score (nSPS) is 14.7. The molecule has 7 aromatic carbocycles. The summed E-state index contributed by atoms with van der Waals surface area (Å²) in [6.45, 7) is 9.41. The lowest BCUT2D eigenvalue weighted by molar-refractivity contribution is 0.660. The largest absolute Gasteiger partial charge is 0.456 e. The van der Waals surface area contributed by atoms with E-state index in [1.165, 1.54) is 55.6 Å². The zero-order valence-corrected chi connectivity index (χ0v) is 28.8. The molecule has 0 bridgehead atoms. The first-order valence-electron chi connectivity index (χ1n) is 17.6. The average Bonchev–Trinajstić information content (AvgIpc) is 3.71. The molecular weight excluding hydrogens is 607 g/mol. The van der Waals surface area contributed by atoms with E-state index in [0.717, 1.165) is 39.0 Å². The quantitative estimate of drug-likeness (QED) is 0.190. The number of furan rings is 1. The maximum absolute atomic E-state index is 6.40. The van der Waals surface area contributed by atoms with Crippen LogP contribution in [0.3, 0.4) is 0 Å². The molecule has 50 heavy (non-hydrogen) atoms. The fourth-order valence-electron chi connectivity index (χ4n) is 9.01. The molecule has 0 atom stereocenters. The van der Waals surface area contributed by atoms with Gasteiger partial charge >= 0.3 is 0 Å². The standard InChI is InChI=1S/C48H37NO/c1-47(2)41-17-8-5-12-35(41)37-26-24-32(28-43(37)47)49(33-25-27-39-38-14-7-10-19-44(38)50-45(39)29-33)31-22-20-30(21-23-31)34-15-11-16-40-36-13-6-9-18-42(36)48(3,4)46(34)40/h5-29H,1-4H3. The monoisotopic (exact) mass is 643 g/mol. The summed E-state index contributed by atoms with van der Waals surface area (Å²) in [5.41, 5.74) is 18.3. The number of nitrogens with zero attached hydrogens (tertiary/aromatic N) is 1. The van der Waals surface area contributed by atoms with Crippen molar-refractivity contribution >= 4 is 39.0 Å². The van der Waals surface area contributed by atoms with Crippen LogP contribution in [0.5, 0.6) is 0 Å². The van der Waals surface area contributed by atoms with E-state index >= 15 is 0 Å². The molecule has 1 heterocycles. The van der Waals surface area contributed by atoms with Gasteiger partial charge < -0.3 is 9.32 Å². The second-order valence-electron chi connectivity index (χ2n) is 15.0. The van der Waals surface area contributed by atoms with Gasteiger partial charge in [0.1, 0.15) is 11.2 Å². The van der Waals surface area contributed by atoms with Crippen LogP contribution in [-0.2, 0) is 10.8 Å². The number of anilines is 3. The third-order valence-electron chi connectivity index (χ3n) is 11.5. The van der Waals surface area contributed by atoms with Crippen molar-refractivity contribution in [2.75, 3.05) is 4.90 Å². The van der Waals surface area contributed by atoms with Gasteiger partial charge in [-0.3, -0.25) is 0 Å². The van der Waals surface area contributed by atoms with Crippen molar-refractivity contribution in [2.24, 2.45) is 0 Å². The summed E-state index contributed by atoms with van der Waals surface area (Å²) >= 11 is 0. The van der Waals surface area contributed by atoms with Gasteiger partial charge in [0.15, 0.2) is 0 Å². The number of para-hydroxylation sites is 1. The minimum absolute atomic E-state index is 0.0793.